The van der Waals surface area contributed by atoms with Gasteiger partial charge in [-0.15, -0.1) is 0 Å². The maximum Gasteiger partial charge on any atom is 0.360 e. The molecule has 16 heavy (non-hydrogen) atoms. The second-order valence-corrected chi connectivity index (χ2v) is 3.34. The van der Waals surface area contributed by atoms with E-state index in [0.717, 1.165) is 11.3 Å². The van der Waals surface area contributed by atoms with Crippen LogP contribution in [0, 0.1) is 6.92 Å². The SMILES string of the molecule is COC(=O)c1cc(-c2cnn(C)c2C)on1. The molecule has 84 valence electrons. The first-order chi connectivity index (χ1) is 7.63. The molecule has 0 saturated carbocycles. The number of rotatable bonds is 2. The first-order valence-electron chi connectivity index (χ1n) is 4.67. The molecular formula is C10H11N3O3. The molecule has 0 atom stereocenters. The van der Waals surface area contributed by atoms with E-state index < -0.39 is 5.97 Å². The molecule has 2 rings (SSSR count). The predicted molar refractivity (Wildman–Crippen MR) is 54.8 cm³/mol. The second-order valence-electron chi connectivity index (χ2n) is 3.34. The molecule has 6 heteroatoms. The minimum Gasteiger partial charge on any atom is -0.464 e. The Kier molecular flexibility index (Phi) is 2.47. The molecule has 0 saturated heterocycles. The summed E-state index contributed by atoms with van der Waals surface area (Å²) in [5.74, 6) is -0.0115. The van der Waals surface area contributed by atoms with Crippen molar-refractivity contribution in [1.29, 1.82) is 0 Å². The standard InChI is InChI=1S/C10H11N3O3/c1-6-7(5-11-13(6)2)9-4-8(12-16-9)10(14)15-3/h4-5H,1-3H3. The van der Waals surface area contributed by atoms with Crippen molar-refractivity contribution in [2.45, 2.75) is 6.92 Å². The van der Waals surface area contributed by atoms with Crippen molar-refractivity contribution in [3.05, 3.63) is 23.7 Å². The number of aryl methyl sites for hydroxylation is 1. The van der Waals surface area contributed by atoms with Gasteiger partial charge in [-0.3, -0.25) is 4.68 Å². The van der Waals surface area contributed by atoms with Crippen LogP contribution in [-0.4, -0.2) is 28.0 Å². The third-order valence-electron chi connectivity index (χ3n) is 2.41. The fraction of sp³-hybridized carbons (Fsp3) is 0.300. The average molecular weight is 221 g/mol. The van der Waals surface area contributed by atoms with Crippen LogP contribution in [0.5, 0.6) is 0 Å². The Hall–Kier alpha value is -2.11. The number of hydrogen-bond donors (Lipinski definition) is 0. The maximum absolute atomic E-state index is 11.2. The summed E-state index contributed by atoms with van der Waals surface area (Å²) in [7, 11) is 3.13. The molecule has 0 aliphatic carbocycles. The lowest BCUT2D eigenvalue weighted by atomic mass is 10.2. The van der Waals surface area contributed by atoms with Crippen LogP contribution in [0.1, 0.15) is 16.2 Å². The van der Waals surface area contributed by atoms with E-state index >= 15 is 0 Å². The predicted octanol–water partition coefficient (Wildman–Crippen LogP) is 1.17. The summed E-state index contributed by atoms with van der Waals surface area (Å²) in [6, 6.07) is 1.54. The summed E-state index contributed by atoms with van der Waals surface area (Å²) in [6.07, 6.45) is 1.66. The Morgan fingerprint density at radius 1 is 1.56 bits per heavy atom. The number of nitrogens with zero attached hydrogens (tertiary/aromatic N) is 3. The van der Waals surface area contributed by atoms with E-state index in [1.807, 2.05) is 14.0 Å². The Labute approximate surface area is 91.8 Å². The Bertz CT molecular complexity index is 527. The van der Waals surface area contributed by atoms with Crippen molar-refractivity contribution in [2.24, 2.45) is 7.05 Å². The maximum atomic E-state index is 11.2. The quantitative estimate of drug-likeness (QED) is 0.712. The zero-order valence-corrected chi connectivity index (χ0v) is 9.22. The van der Waals surface area contributed by atoms with E-state index in [-0.39, 0.29) is 5.69 Å². The zero-order chi connectivity index (χ0) is 11.7. The molecule has 0 bridgehead atoms. The first-order valence-corrected chi connectivity index (χ1v) is 4.67. The number of carbonyl (C=O) groups is 1. The summed E-state index contributed by atoms with van der Waals surface area (Å²) in [5.41, 5.74) is 1.90. The van der Waals surface area contributed by atoms with E-state index in [9.17, 15) is 4.79 Å². The van der Waals surface area contributed by atoms with Crippen molar-refractivity contribution in [3.63, 3.8) is 0 Å². The number of aromatic nitrogens is 3. The van der Waals surface area contributed by atoms with E-state index in [2.05, 4.69) is 15.0 Å². The van der Waals surface area contributed by atoms with Gasteiger partial charge in [0.1, 0.15) is 0 Å². The van der Waals surface area contributed by atoms with Crippen molar-refractivity contribution in [2.75, 3.05) is 7.11 Å². The molecule has 0 amide bonds. The number of hydrogen-bond acceptors (Lipinski definition) is 5. The summed E-state index contributed by atoms with van der Waals surface area (Å²) < 4.78 is 11.3. The van der Waals surface area contributed by atoms with Gasteiger partial charge in [-0.2, -0.15) is 5.10 Å². The highest BCUT2D eigenvalue weighted by atomic mass is 16.5. The van der Waals surface area contributed by atoms with Gasteiger partial charge >= 0.3 is 5.97 Å². The smallest absolute Gasteiger partial charge is 0.360 e. The van der Waals surface area contributed by atoms with Crippen molar-refractivity contribution in [3.8, 4) is 11.3 Å². The Morgan fingerprint density at radius 2 is 2.31 bits per heavy atom. The van der Waals surface area contributed by atoms with Crippen molar-refractivity contribution < 1.29 is 14.1 Å². The molecule has 2 aromatic heterocycles. The summed E-state index contributed by atoms with van der Waals surface area (Å²) in [4.78, 5) is 11.2. The largest absolute Gasteiger partial charge is 0.464 e. The van der Waals surface area contributed by atoms with Gasteiger partial charge in [-0.05, 0) is 6.92 Å². The van der Waals surface area contributed by atoms with Crippen LogP contribution in [0.4, 0.5) is 0 Å². The van der Waals surface area contributed by atoms with Gasteiger partial charge in [0.25, 0.3) is 0 Å². The highest BCUT2D eigenvalue weighted by Gasteiger charge is 2.16. The number of ether oxygens (including phenoxy) is 1. The fourth-order valence-corrected chi connectivity index (χ4v) is 1.34. The van der Waals surface area contributed by atoms with Crippen molar-refractivity contribution in [1.82, 2.24) is 14.9 Å². The van der Waals surface area contributed by atoms with E-state index in [0.29, 0.717) is 5.76 Å². The Morgan fingerprint density at radius 3 is 2.88 bits per heavy atom. The number of esters is 1. The zero-order valence-electron chi connectivity index (χ0n) is 9.22. The van der Waals surface area contributed by atoms with Crippen LogP contribution in [0.15, 0.2) is 16.8 Å². The van der Waals surface area contributed by atoms with Crippen LogP contribution in [-0.2, 0) is 11.8 Å². The molecule has 0 spiro atoms. The minimum absolute atomic E-state index is 0.153. The van der Waals surface area contributed by atoms with E-state index in [4.69, 9.17) is 4.52 Å². The first kappa shape index (κ1) is 10.4. The van der Waals surface area contributed by atoms with Crippen LogP contribution in [0.25, 0.3) is 11.3 Å². The molecule has 0 unspecified atom stereocenters. The van der Waals surface area contributed by atoms with Crippen LogP contribution in [0.3, 0.4) is 0 Å². The summed E-state index contributed by atoms with van der Waals surface area (Å²) >= 11 is 0. The molecule has 0 radical (unpaired) electrons. The van der Waals surface area contributed by atoms with Gasteiger partial charge in [-0.25, -0.2) is 4.79 Å². The lowest BCUT2D eigenvalue weighted by Gasteiger charge is -1.94. The Balaban J connectivity index is 2.39. The van der Waals surface area contributed by atoms with E-state index in [1.165, 1.54) is 13.2 Å². The fourth-order valence-electron chi connectivity index (χ4n) is 1.34. The molecule has 0 N–H and O–H groups in total. The topological polar surface area (TPSA) is 70.2 Å². The van der Waals surface area contributed by atoms with E-state index in [1.54, 1.807) is 10.9 Å². The normalized spacial score (nSPS) is 10.4. The number of carbonyl (C=O) groups excluding carboxylic acids is 1. The monoisotopic (exact) mass is 221 g/mol. The lowest BCUT2D eigenvalue weighted by molar-refractivity contribution is 0.0589. The van der Waals surface area contributed by atoms with Crippen LogP contribution >= 0.6 is 0 Å². The molecule has 0 aromatic carbocycles. The molecule has 0 aliphatic heterocycles. The molecular weight excluding hydrogens is 210 g/mol. The third kappa shape index (κ3) is 1.58. The second kappa shape index (κ2) is 3.80. The average Bonchev–Trinajstić information content (AvgIpc) is 2.87. The van der Waals surface area contributed by atoms with Gasteiger partial charge in [0.15, 0.2) is 11.5 Å². The molecule has 0 aliphatic rings. The van der Waals surface area contributed by atoms with Gasteiger partial charge in [0.05, 0.1) is 18.9 Å². The molecule has 6 nitrogen and oxygen atoms in total. The molecule has 0 fully saturated rings. The number of methoxy groups -OCH3 is 1. The van der Waals surface area contributed by atoms with Gasteiger partial charge in [-0.1, -0.05) is 5.16 Å². The minimum atomic E-state index is -0.517. The van der Waals surface area contributed by atoms with Crippen LogP contribution in [0.2, 0.25) is 0 Å². The molecule has 2 aromatic rings. The van der Waals surface area contributed by atoms with Gasteiger partial charge in [0, 0.05) is 18.8 Å². The summed E-state index contributed by atoms with van der Waals surface area (Å²) in [5, 5.41) is 7.71. The highest BCUT2D eigenvalue weighted by molar-refractivity contribution is 5.88. The van der Waals surface area contributed by atoms with Gasteiger partial charge in [0.2, 0.25) is 0 Å². The summed E-state index contributed by atoms with van der Waals surface area (Å²) in [6.45, 7) is 1.91. The van der Waals surface area contributed by atoms with Crippen molar-refractivity contribution >= 4 is 5.97 Å². The lowest BCUT2D eigenvalue weighted by Crippen LogP contribution is -2.00. The van der Waals surface area contributed by atoms with Gasteiger partial charge < -0.3 is 9.26 Å². The third-order valence-corrected chi connectivity index (χ3v) is 2.41. The molecule has 2 heterocycles. The van der Waals surface area contributed by atoms with Crippen LogP contribution < -0.4 is 0 Å². The highest BCUT2D eigenvalue weighted by Crippen LogP contribution is 2.23.